The van der Waals surface area contributed by atoms with Crippen molar-refractivity contribution in [2.75, 3.05) is 18.0 Å². The number of carbonyl (C=O) groups excluding carboxylic acids is 1. The maximum atomic E-state index is 12.7. The lowest BCUT2D eigenvalue weighted by Crippen LogP contribution is -2.59. The van der Waals surface area contributed by atoms with Crippen LogP contribution >= 0.6 is 0 Å². The number of rotatable bonds is 2. The number of benzene rings is 1. The van der Waals surface area contributed by atoms with Crippen molar-refractivity contribution in [1.82, 2.24) is 0 Å². The van der Waals surface area contributed by atoms with Crippen LogP contribution in [-0.4, -0.2) is 30.7 Å². The van der Waals surface area contributed by atoms with Crippen molar-refractivity contribution >= 4 is 11.6 Å². The van der Waals surface area contributed by atoms with Crippen LogP contribution in [0.1, 0.15) is 30.5 Å². The van der Waals surface area contributed by atoms with Gasteiger partial charge in [-0.05, 0) is 45.7 Å². The van der Waals surface area contributed by atoms with Gasteiger partial charge >= 0.3 is 0 Å². The summed E-state index contributed by atoms with van der Waals surface area (Å²) in [6.07, 6.45) is -0.122. The molecule has 0 aliphatic carbocycles. The molecule has 1 aliphatic rings. The number of hydrogen-bond acceptors (Lipinski definition) is 3. The molecule has 1 saturated heterocycles. The molecule has 0 bridgehead atoms. The third-order valence-corrected chi connectivity index (χ3v) is 3.78. The minimum absolute atomic E-state index is 0.00254. The number of amides is 1. The van der Waals surface area contributed by atoms with Gasteiger partial charge in [0.15, 0.2) is 0 Å². The van der Waals surface area contributed by atoms with Crippen molar-refractivity contribution in [3.8, 4) is 0 Å². The van der Waals surface area contributed by atoms with Gasteiger partial charge in [-0.1, -0.05) is 17.7 Å². The molecule has 20 heavy (non-hydrogen) atoms. The van der Waals surface area contributed by atoms with Crippen LogP contribution in [0.15, 0.2) is 12.1 Å². The van der Waals surface area contributed by atoms with Crippen molar-refractivity contribution in [3.63, 3.8) is 0 Å². The van der Waals surface area contributed by atoms with E-state index in [1.165, 1.54) is 5.56 Å². The van der Waals surface area contributed by atoms with E-state index in [0.29, 0.717) is 13.1 Å². The van der Waals surface area contributed by atoms with Gasteiger partial charge in [-0.2, -0.15) is 0 Å². The van der Waals surface area contributed by atoms with Crippen LogP contribution in [0.5, 0.6) is 0 Å². The number of ether oxygens (including phenoxy) is 1. The number of morpholine rings is 1. The van der Waals surface area contributed by atoms with Crippen LogP contribution < -0.4 is 10.6 Å². The molecule has 0 saturated carbocycles. The SMILES string of the molecule is Cc1cc(C)c(N2CC(CN)OC(C)(C)C2=O)c(C)c1. The average Bonchev–Trinajstić information content (AvgIpc) is 2.32. The zero-order valence-corrected chi connectivity index (χ0v) is 13.0. The molecule has 1 amide bonds. The van der Waals surface area contributed by atoms with E-state index in [4.69, 9.17) is 10.5 Å². The Labute approximate surface area is 120 Å². The molecule has 1 fully saturated rings. The Morgan fingerprint density at radius 2 is 1.85 bits per heavy atom. The van der Waals surface area contributed by atoms with Gasteiger partial charge in [0.05, 0.1) is 12.6 Å². The van der Waals surface area contributed by atoms with Crippen molar-refractivity contribution in [3.05, 3.63) is 28.8 Å². The average molecular weight is 276 g/mol. The molecule has 0 aromatic heterocycles. The largest absolute Gasteiger partial charge is 0.359 e. The van der Waals surface area contributed by atoms with Crippen molar-refractivity contribution < 1.29 is 9.53 Å². The van der Waals surface area contributed by atoms with Gasteiger partial charge in [-0.15, -0.1) is 0 Å². The zero-order valence-electron chi connectivity index (χ0n) is 13.0. The highest BCUT2D eigenvalue weighted by atomic mass is 16.5. The second-order valence-corrected chi connectivity index (χ2v) is 6.15. The van der Waals surface area contributed by atoms with Crippen LogP contribution in [-0.2, 0) is 9.53 Å². The fourth-order valence-corrected chi connectivity index (χ4v) is 3.03. The molecule has 1 heterocycles. The number of aryl methyl sites for hydroxylation is 3. The molecule has 1 aliphatic heterocycles. The van der Waals surface area contributed by atoms with Crippen LogP contribution in [0, 0.1) is 20.8 Å². The molecule has 1 aromatic carbocycles. The van der Waals surface area contributed by atoms with E-state index >= 15 is 0 Å². The Balaban J connectivity index is 2.48. The van der Waals surface area contributed by atoms with Gasteiger partial charge in [-0.25, -0.2) is 0 Å². The van der Waals surface area contributed by atoms with Crippen LogP contribution in [0.3, 0.4) is 0 Å². The molecule has 4 nitrogen and oxygen atoms in total. The van der Waals surface area contributed by atoms with E-state index in [2.05, 4.69) is 19.1 Å². The Hall–Kier alpha value is -1.39. The Morgan fingerprint density at radius 1 is 1.30 bits per heavy atom. The maximum absolute atomic E-state index is 12.7. The molecule has 110 valence electrons. The lowest BCUT2D eigenvalue weighted by atomic mass is 9.98. The molecule has 0 spiro atoms. The van der Waals surface area contributed by atoms with E-state index in [0.717, 1.165) is 16.8 Å². The highest BCUT2D eigenvalue weighted by Gasteiger charge is 2.42. The summed E-state index contributed by atoms with van der Waals surface area (Å²) in [5.41, 5.74) is 9.35. The normalized spacial score (nSPS) is 22.2. The lowest BCUT2D eigenvalue weighted by molar-refractivity contribution is -0.153. The minimum Gasteiger partial charge on any atom is -0.359 e. The van der Waals surface area contributed by atoms with Gasteiger partial charge in [0.25, 0.3) is 5.91 Å². The maximum Gasteiger partial charge on any atom is 0.258 e. The summed E-state index contributed by atoms with van der Waals surface area (Å²) in [6.45, 7) is 10.7. The predicted molar refractivity (Wildman–Crippen MR) is 81.0 cm³/mol. The summed E-state index contributed by atoms with van der Waals surface area (Å²) in [4.78, 5) is 14.5. The number of nitrogens with zero attached hydrogens (tertiary/aromatic N) is 1. The van der Waals surface area contributed by atoms with Crippen LogP contribution in [0.25, 0.3) is 0 Å². The minimum atomic E-state index is -0.827. The molecule has 0 radical (unpaired) electrons. The smallest absolute Gasteiger partial charge is 0.258 e. The monoisotopic (exact) mass is 276 g/mol. The first-order chi connectivity index (χ1) is 9.26. The first-order valence-electron chi connectivity index (χ1n) is 7.04. The molecule has 2 N–H and O–H groups in total. The standard InChI is InChI=1S/C16H24N2O2/c1-10-6-11(2)14(12(3)7-10)18-9-13(8-17)20-16(4,5)15(18)19/h6-7,13H,8-9,17H2,1-5H3. The summed E-state index contributed by atoms with van der Waals surface area (Å²) in [5.74, 6) is -0.00254. The quantitative estimate of drug-likeness (QED) is 0.899. The Kier molecular flexibility index (Phi) is 3.89. The van der Waals surface area contributed by atoms with Crippen molar-refractivity contribution in [2.24, 2.45) is 5.73 Å². The van der Waals surface area contributed by atoms with Gasteiger partial charge in [0, 0.05) is 12.2 Å². The van der Waals surface area contributed by atoms with E-state index < -0.39 is 5.60 Å². The number of anilines is 1. The summed E-state index contributed by atoms with van der Waals surface area (Å²) in [5, 5.41) is 0. The van der Waals surface area contributed by atoms with E-state index in [1.807, 2.05) is 32.6 Å². The first-order valence-corrected chi connectivity index (χ1v) is 7.04. The summed E-state index contributed by atoms with van der Waals surface area (Å²) >= 11 is 0. The molecule has 1 aromatic rings. The third kappa shape index (κ3) is 2.58. The van der Waals surface area contributed by atoms with Crippen LogP contribution in [0.4, 0.5) is 5.69 Å². The van der Waals surface area contributed by atoms with Crippen molar-refractivity contribution in [1.29, 1.82) is 0 Å². The van der Waals surface area contributed by atoms with Gasteiger partial charge in [0.2, 0.25) is 0 Å². The Bertz CT molecular complexity index is 514. The van der Waals surface area contributed by atoms with E-state index in [9.17, 15) is 4.79 Å². The van der Waals surface area contributed by atoms with Crippen LogP contribution in [0.2, 0.25) is 0 Å². The second-order valence-electron chi connectivity index (χ2n) is 6.15. The fourth-order valence-electron chi connectivity index (χ4n) is 3.03. The van der Waals surface area contributed by atoms with E-state index in [-0.39, 0.29) is 12.0 Å². The fraction of sp³-hybridized carbons (Fsp3) is 0.562. The predicted octanol–water partition coefficient (Wildman–Crippen LogP) is 2.08. The van der Waals surface area contributed by atoms with E-state index in [1.54, 1.807) is 0 Å². The zero-order chi connectivity index (χ0) is 15.1. The number of carbonyl (C=O) groups is 1. The molecule has 1 unspecified atom stereocenters. The molecule has 2 rings (SSSR count). The summed E-state index contributed by atoms with van der Waals surface area (Å²) in [7, 11) is 0. The lowest BCUT2D eigenvalue weighted by Gasteiger charge is -2.42. The van der Waals surface area contributed by atoms with Gasteiger partial charge in [-0.3, -0.25) is 4.79 Å². The molecule has 1 atom stereocenters. The van der Waals surface area contributed by atoms with Gasteiger partial charge in [0.1, 0.15) is 5.60 Å². The highest BCUT2D eigenvalue weighted by Crippen LogP contribution is 2.32. The number of hydrogen-bond donors (Lipinski definition) is 1. The first kappa shape index (κ1) is 15.0. The Morgan fingerprint density at radius 3 is 2.35 bits per heavy atom. The topological polar surface area (TPSA) is 55.6 Å². The number of nitrogens with two attached hydrogens (primary N) is 1. The van der Waals surface area contributed by atoms with Crippen molar-refractivity contribution in [2.45, 2.75) is 46.3 Å². The highest BCUT2D eigenvalue weighted by molar-refractivity contribution is 6.01. The molecule has 4 heteroatoms. The molecular weight excluding hydrogens is 252 g/mol. The summed E-state index contributed by atoms with van der Waals surface area (Å²) < 4.78 is 5.77. The van der Waals surface area contributed by atoms with Gasteiger partial charge < -0.3 is 15.4 Å². The third-order valence-electron chi connectivity index (χ3n) is 3.78. The molecular formula is C16H24N2O2. The summed E-state index contributed by atoms with van der Waals surface area (Å²) in [6, 6.07) is 4.21. The second kappa shape index (κ2) is 5.19.